The van der Waals surface area contributed by atoms with Crippen molar-refractivity contribution in [1.82, 2.24) is 0 Å². The minimum atomic E-state index is -0.723. The third-order valence-corrected chi connectivity index (χ3v) is 5.03. The Balaban J connectivity index is 1.90. The fraction of sp³-hybridized carbons (Fsp3) is 0.632. The van der Waals surface area contributed by atoms with E-state index in [1.165, 1.54) is 31.2 Å². The van der Waals surface area contributed by atoms with Crippen molar-refractivity contribution in [3.05, 3.63) is 35.4 Å². The number of carboxylic acids is 1. The summed E-state index contributed by atoms with van der Waals surface area (Å²) >= 11 is 0. The molecule has 1 aromatic rings. The van der Waals surface area contributed by atoms with Gasteiger partial charge in [-0.25, -0.2) is 0 Å². The molecule has 0 heterocycles. The normalized spacial score (nSPS) is 23.0. The Morgan fingerprint density at radius 1 is 1.10 bits per heavy atom. The van der Waals surface area contributed by atoms with E-state index >= 15 is 0 Å². The molecule has 1 aliphatic carbocycles. The summed E-state index contributed by atoms with van der Waals surface area (Å²) in [5, 5.41) is 8.72. The van der Waals surface area contributed by atoms with Crippen LogP contribution in [0.15, 0.2) is 24.3 Å². The topological polar surface area (TPSA) is 37.3 Å². The first-order valence-electron chi connectivity index (χ1n) is 8.17. The molecule has 1 fully saturated rings. The summed E-state index contributed by atoms with van der Waals surface area (Å²) in [6, 6.07) is 8.63. The second-order valence-corrected chi connectivity index (χ2v) is 7.55. The third kappa shape index (κ3) is 4.59. The first kappa shape index (κ1) is 16.1. The van der Waals surface area contributed by atoms with Crippen LogP contribution in [0.5, 0.6) is 0 Å². The second-order valence-electron chi connectivity index (χ2n) is 7.55. The number of hydrogen-bond donors (Lipinski definition) is 1. The number of carboxylic acid groups (broad SMARTS) is 1. The monoisotopic (exact) mass is 288 g/mol. The zero-order valence-corrected chi connectivity index (χ0v) is 13.6. The minimum Gasteiger partial charge on any atom is -0.481 e. The molecule has 1 aliphatic rings. The van der Waals surface area contributed by atoms with E-state index in [9.17, 15) is 4.79 Å². The zero-order chi connectivity index (χ0) is 15.5. The zero-order valence-electron chi connectivity index (χ0n) is 13.6. The summed E-state index contributed by atoms with van der Waals surface area (Å²) in [6.45, 7) is 7.07. The average Bonchev–Trinajstić information content (AvgIpc) is 2.45. The van der Waals surface area contributed by atoms with E-state index in [2.05, 4.69) is 45.0 Å². The van der Waals surface area contributed by atoms with Gasteiger partial charge in [-0.2, -0.15) is 0 Å². The number of benzene rings is 1. The molecular formula is C19H28O2. The van der Waals surface area contributed by atoms with E-state index < -0.39 is 5.97 Å². The lowest BCUT2D eigenvalue weighted by Gasteiger charge is -2.37. The standard InChI is InChI=1S/C19H28O2/c1-19(2,3)17-11-9-16(10-12-17)15-7-4-14(5-8-15)6-13-18(20)21/h4-5,7-8,16-17H,6,9-13H2,1-3H3,(H,20,21). The van der Waals surface area contributed by atoms with Gasteiger partial charge in [-0.1, -0.05) is 45.0 Å². The molecule has 0 spiro atoms. The Labute approximate surface area is 128 Å². The molecule has 0 radical (unpaired) electrons. The Bertz CT molecular complexity index is 459. The fourth-order valence-corrected chi connectivity index (χ4v) is 3.50. The van der Waals surface area contributed by atoms with Gasteiger partial charge in [0, 0.05) is 6.42 Å². The molecule has 21 heavy (non-hydrogen) atoms. The van der Waals surface area contributed by atoms with Gasteiger partial charge in [0.05, 0.1) is 0 Å². The van der Waals surface area contributed by atoms with Crippen LogP contribution in [0.1, 0.15) is 69.9 Å². The molecule has 1 aromatic carbocycles. The third-order valence-electron chi connectivity index (χ3n) is 5.03. The van der Waals surface area contributed by atoms with Gasteiger partial charge in [0.2, 0.25) is 0 Å². The van der Waals surface area contributed by atoms with Gasteiger partial charge in [0.25, 0.3) is 0 Å². The molecule has 0 saturated heterocycles. The SMILES string of the molecule is CC(C)(C)C1CCC(c2ccc(CCC(=O)O)cc2)CC1. The van der Waals surface area contributed by atoms with E-state index in [0.29, 0.717) is 17.8 Å². The number of rotatable bonds is 4. The van der Waals surface area contributed by atoms with Crippen molar-refractivity contribution in [2.75, 3.05) is 0 Å². The smallest absolute Gasteiger partial charge is 0.303 e. The maximum atomic E-state index is 10.6. The molecule has 0 atom stereocenters. The molecule has 2 nitrogen and oxygen atoms in total. The van der Waals surface area contributed by atoms with Crippen molar-refractivity contribution >= 4 is 5.97 Å². The summed E-state index contributed by atoms with van der Waals surface area (Å²) in [5.41, 5.74) is 3.00. The fourth-order valence-electron chi connectivity index (χ4n) is 3.50. The van der Waals surface area contributed by atoms with Gasteiger partial charge in [-0.3, -0.25) is 4.79 Å². The van der Waals surface area contributed by atoms with Crippen LogP contribution in [0, 0.1) is 11.3 Å². The molecule has 0 bridgehead atoms. The van der Waals surface area contributed by atoms with E-state index in [4.69, 9.17) is 5.11 Å². The number of carbonyl (C=O) groups is 1. The van der Waals surface area contributed by atoms with E-state index in [1.807, 2.05) is 0 Å². The Hall–Kier alpha value is -1.31. The quantitative estimate of drug-likeness (QED) is 0.844. The summed E-state index contributed by atoms with van der Waals surface area (Å²) in [7, 11) is 0. The van der Waals surface area contributed by atoms with Crippen molar-refractivity contribution < 1.29 is 9.90 Å². The van der Waals surface area contributed by atoms with Gasteiger partial charge in [0.1, 0.15) is 0 Å². The maximum Gasteiger partial charge on any atom is 0.303 e. The highest BCUT2D eigenvalue weighted by molar-refractivity contribution is 5.67. The van der Waals surface area contributed by atoms with Gasteiger partial charge in [0.15, 0.2) is 0 Å². The summed E-state index contributed by atoms with van der Waals surface area (Å²) < 4.78 is 0. The molecule has 1 saturated carbocycles. The van der Waals surface area contributed by atoms with E-state index in [-0.39, 0.29) is 6.42 Å². The summed E-state index contributed by atoms with van der Waals surface area (Å²) in [5.74, 6) is 0.820. The number of hydrogen-bond acceptors (Lipinski definition) is 1. The molecule has 0 amide bonds. The van der Waals surface area contributed by atoms with Crippen LogP contribution in [0.3, 0.4) is 0 Å². The van der Waals surface area contributed by atoms with Crippen LogP contribution in [-0.4, -0.2) is 11.1 Å². The van der Waals surface area contributed by atoms with Crippen LogP contribution in [0.25, 0.3) is 0 Å². The number of aliphatic carboxylic acids is 1. The lowest BCUT2D eigenvalue weighted by molar-refractivity contribution is -0.136. The minimum absolute atomic E-state index is 0.218. The molecule has 2 rings (SSSR count). The van der Waals surface area contributed by atoms with Gasteiger partial charge >= 0.3 is 5.97 Å². The predicted molar refractivity (Wildman–Crippen MR) is 86.6 cm³/mol. The molecule has 2 heteroatoms. The van der Waals surface area contributed by atoms with E-state index in [0.717, 1.165) is 11.5 Å². The van der Waals surface area contributed by atoms with Crippen molar-refractivity contribution in [3.8, 4) is 0 Å². The first-order chi connectivity index (χ1) is 9.86. The van der Waals surface area contributed by atoms with Crippen molar-refractivity contribution in [1.29, 1.82) is 0 Å². The summed E-state index contributed by atoms with van der Waals surface area (Å²) in [4.78, 5) is 10.6. The van der Waals surface area contributed by atoms with Crippen LogP contribution < -0.4 is 0 Å². The lowest BCUT2D eigenvalue weighted by atomic mass is 9.68. The largest absolute Gasteiger partial charge is 0.481 e. The average molecular weight is 288 g/mol. The lowest BCUT2D eigenvalue weighted by Crippen LogP contribution is -2.25. The van der Waals surface area contributed by atoms with Crippen molar-refractivity contribution in [3.63, 3.8) is 0 Å². The predicted octanol–water partition coefficient (Wildman–Crippen LogP) is 5.02. The van der Waals surface area contributed by atoms with Gasteiger partial charge in [-0.15, -0.1) is 0 Å². The van der Waals surface area contributed by atoms with Gasteiger partial charge < -0.3 is 5.11 Å². The first-order valence-corrected chi connectivity index (χ1v) is 8.17. The molecule has 0 unspecified atom stereocenters. The van der Waals surface area contributed by atoms with Crippen molar-refractivity contribution in [2.24, 2.45) is 11.3 Å². The van der Waals surface area contributed by atoms with Crippen LogP contribution >= 0.6 is 0 Å². The summed E-state index contributed by atoms with van der Waals surface area (Å²) in [6.07, 6.45) is 6.08. The molecular weight excluding hydrogens is 260 g/mol. The van der Waals surface area contributed by atoms with Gasteiger partial charge in [-0.05, 0) is 60.5 Å². The van der Waals surface area contributed by atoms with Crippen molar-refractivity contribution in [2.45, 2.75) is 65.2 Å². The molecule has 116 valence electrons. The highest BCUT2D eigenvalue weighted by atomic mass is 16.4. The number of aryl methyl sites for hydroxylation is 1. The second kappa shape index (κ2) is 6.64. The molecule has 0 aromatic heterocycles. The van der Waals surface area contributed by atoms with Crippen LogP contribution in [0.2, 0.25) is 0 Å². The molecule has 1 N–H and O–H groups in total. The maximum absolute atomic E-state index is 10.6. The molecule has 0 aliphatic heterocycles. The Morgan fingerprint density at radius 3 is 2.14 bits per heavy atom. The Morgan fingerprint density at radius 2 is 1.67 bits per heavy atom. The highest BCUT2D eigenvalue weighted by Gasteiger charge is 2.30. The Kier molecular flexibility index (Phi) is 5.08. The van der Waals surface area contributed by atoms with E-state index in [1.54, 1.807) is 0 Å². The van der Waals surface area contributed by atoms with Crippen LogP contribution in [0.4, 0.5) is 0 Å². The highest BCUT2D eigenvalue weighted by Crippen LogP contribution is 2.43. The van der Waals surface area contributed by atoms with Crippen LogP contribution in [-0.2, 0) is 11.2 Å².